The minimum absolute atomic E-state index is 0.271. The SMILES string of the molecule is Cc1cc(C)cc(C(=O)C(F)(F)C(F)(F)C(F)(F)C(=O)O)c1. The van der Waals surface area contributed by atoms with Crippen LogP contribution < -0.4 is 0 Å². The quantitative estimate of drug-likeness (QED) is 0.665. The van der Waals surface area contributed by atoms with Crippen molar-refractivity contribution in [2.45, 2.75) is 31.6 Å². The molecule has 0 radical (unpaired) electrons. The summed E-state index contributed by atoms with van der Waals surface area (Å²) in [6, 6.07) is 3.08. The number of hydrogen-bond donors (Lipinski definition) is 1. The Kier molecular flexibility index (Phi) is 4.33. The van der Waals surface area contributed by atoms with Crippen LogP contribution >= 0.6 is 0 Å². The molecule has 122 valence electrons. The zero-order valence-corrected chi connectivity index (χ0v) is 11.3. The topological polar surface area (TPSA) is 54.4 Å². The molecular weight excluding hydrogens is 318 g/mol. The minimum atomic E-state index is -6.39. The molecule has 0 spiro atoms. The average Bonchev–Trinajstić information content (AvgIpc) is 2.35. The maximum absolute atomic E-state index is 13.6. The Bertz CT molecular complexity index is 604. The maximum atomic E-state index is 13.6. The molecule has 0 unspecified atom stereocenters. The van der Waals surface area contributed by atoms with Crippen LogP contribution in [0.15, 0.2) is 18.2 Å². The Morgan fingerprint density at radius 1 is 0.864 bits per heavy atom. The van der Waals surface area contributed by atoms with E-state index in [4.69, 9.17) is 5.11 Å². The van der Waals surface area contributed by atoms with Crippen molar-refractivity contribution in [1.29, 1.82) is 0 Å². The van der Waals surface area contributed by atoms with Crippen molar-refractivity contribution in [3.8, 4) is 0 Å². The van der Waals surface area contributed by atoms with Crippen molar-refractivity contribution >= 4 is 11.8 Å². The minimum Gasteiger partial charge on any atom is -0.477 e. The molecular formula is C13H10F6O3. The summed E-state index contributed by atoms with van der Waals surface area (Å²) in [5.41, 5.74) is -0.372. The molecule has 1 N–H and O–H groups in total. The number of carbonyl (C=O) groups is 2. The van der Waals surface area contributed by atoms with E-state index in [1.54, 1.807) is 0 Å². The van der Waals surface area contributed by atoms with Crippen molar-refractivity contribution in [1.82, 2.24) is 0 Å². The van der Waals surface area contributed by atoms with Crippen LogP contribution in [0.25, 0.3) is 0 Å². The molecule has 0 aliphatic heterocycles. The Morgan fingerprint density at radius 2 is 1.27 bits per heavy atom. The van der Waals surface area contributed by atoms with E-state index in [0.29, 0.717) is 0 Å². The van der Waals surface area contributed by atoms with E-state index in [1.807, 2.05) is 0 Å². The molecule has 0 bridgehead atoms. The zero-order chi connectivity index (χ0) is 17.5. The number of benzene rings is 1. The summed E-state index contributed by atoms with van der Waals surface area (Å²) < 4.78 is 79.4. The molecule has 0 aliphatic rings. The molecule has 0 aliphatic carbocycles. The van der Waals surface area contributed by atoms with Crippen molar-refractivity contribution in [3.05, 3.63) is 34.9 Å². The van der Waals surface area contributed by atoms with Crippen LogP contribution in [0.2, 0.25) is 0 Å². The summed E-state index contributed by atoms with van der Waals surface area (Å²) in [6.07, 6.45) is 0. The van der Waals surface area contributed by atoms with Crippen LogP contribution in [0.1, 0.15) is 21.5 Å². The smallest absolute Gasteiger partial charge is 0.411 e. The highest BCUT2D eigenvalue weighted by Crippen LogP contribution is 2.47. The number of ketones is 1. The van der Waals surface area contributed by atoms with Crippen molar-refractivity contribution < 1.29 is 41.0 Å². The van der Waals surface area contributed by atoms with Gasteiger partial charge in [0, 0.05) is 5.56 Å². The number of alkyl halides is 6. The number of rotatable bonds is 5. The third-order valence-electron chi connectivity index (χ3n) is 2.83. The lowest BCUT2D eigenvalue weighted by Gasteiger charge is -2.29. The van der Waals surface area contributed by atoms with Crippen LogP contribution in [0.4, 0.5) is 26.3 Å². The number of carboxylic acid groups (broad SMARTS) is 1. The zero-order valence-electron chi connectivity index (χ0n) is 11.3. The number of aliphatic carboxylic acids is 1. The van der Waals surface area contributed by atoms with Crippen molar-refractivity contribution in [2.24, 2.45) is 0 Å². The van der Waals surface area contributed by atoms with Crippen LogP contribution in [0, 0.1) is 13.8 Å². The van der Waals surface area contributed by atoms with E-state index in [1.165, 1.54) is 19.9 Å². The van der Waals surface area contributed by atoms with Gasteiger partial charge in [0.1, 0.15) is 0 Å². The maximum Gasteiger partial charge on any atom is 0.411 e. The first kappa shape index (κ1) is 18.0. The highest BCUT2D eigenvalue weighted by molar-refractivity contribution is 6.03. The summed E-state index contributed by atoms with van der Waals surface area (Å²) in [6.45, 7) is 2.76. The highest BCUT2D eigenvalue weighted by atomic mass is 19.3. The van der Waals surface area contributed by atoms with Gasteiger partial charge in [-0.1, -0.05) is 17.2 Å². The van der Waals surface area contributed by atoms with Crippen LogP contribution in [0.5, 0.6) is 0 Å². The van der Waals surface area contributed by atoms with Crippen LogP contribution in [-0.4, -0.2) is 34.6 Å². The molecule has 0 saturated carbocycles. The van der Waals surface area contributed by atoms with Gasteiger partial charge in [0.15, 0.2) is 0 Å². The van der Waals surface area contributed by atoms with Gasteiger partial charge < -0.3 is 5.11 Å². The number of carbonyl (C=O) groups excluding carboxylic acids is 1. The van der Waals surface area contributed by atoms with Gasteiger partial charge in [-0.05, 0) is 26.0 Å². The lowest BCUT2D eigenvalue weighted by Crippen LogP contribution is -2.60. The van der Waals surface area contributed by atoms with Gasteiger partial charge >= 0.3 is 23.7 Å². The summed E-state index contributed by atoms with van der Waals surface area (Å²) in [5.74, 6) is -24.4. The Hall–Kier alpha value is -2.06. The van der Waals surface area contributed by atoms with Gasteiger partial charge in [-0.25, -0.2) is 4.79 Å². The molecule has 0 fully saturated rings. The molecule has 0 atom stereocenters. The first-order valence-electron chi connectivity index (χ1n) is 5.75. The normalized spacial score (nSPS) is 13.1. The van der Waals surface area contributed by atoms with E-state index in [-0.39, 0.29) is 11.1 Å². The molecule has 0 saturated heterocycles. The first-order chi connectivity index (χ1) is 9.75. The third-order valence-corrected chi connectivity index (χ3v) is 2.83. The molecule has 3 nitrogen and oxygen atoms in total. The lowest BCUT2D eigenvalue weighted by molar-refractivity contribution is -0.285. The third kappa shape index (κ3) is 2.67. The van der Waals surface area contributed by atoms with Gasteiger partial charge in [-0.2, -0.15) is 26.3 Å². The molecule has 1 rings (SSSR count). The fourth-order valence-corrected chi connectivity index (χ4v) is 1.76. The number of hydrogen-bond acceptors (Lipinski definition) is 2. The molecule has 0 amide bonds. The predicted molar refractivity (Wildman–Crippen MR) is 62.7 cm³/mol. The largest absolute Gasteiger partial charge is 0.477 e. The predicted octanol–water partition coefficient (Wildman–Crippen LogP) is 3.48. The Labute approximate surface area is 120 Å². The van der Waals surface area contributed by atoms with Crippen molar-refractivity contribution in [2.75, 3.05) is 0 Å². The number of halogens is 6. The highest BCUT2D eigenvalue weighted by Gasteiger charge is 2.78. The number of aryl methyl sites for hydroxylation is 2. The lowest BCUT2D eigenvalue weighted by atomic mass is 9.94. The summed E-state index contributed by atoms with van der Waals surface area (Å²) in [7, 11) is 0. The second-order valence-corrected chi connectivity index (χ2v) is 4.73. The van der Waals surface area contributed by atoms with E-state index in [0.717, 1.165) is 12.1 Å². The molecule has 9 heteroatoms. The van der Waals surface area contributed by atoms with E-state index in [9.17, 15) is 35.9 Å². The number of carboxylic acids is 1. The fraction of sp³-hybridized carbons (Fsp3) is 0.385. The van der Waals surface area contributed by atoms with E-state index >= 15 is 0 Å². The van der Waals surface area contributed by atoms with Gasteiger partial charge in [-0.15, -0.1) is 0 Å². The number of Topliss-reactive ketones (excluding diaryl/α,β-unsaturated/α-hetero) is 1. The standard InChI is InChI=1S/C13H10F6O3/c1-6-3-7(2)5-8(4-6)9(20)11(14,15)13(18,19)12(16,17)10(21)22/h3-5H,1-2H3,(H,21,22). The van der Waals surface area contributed by atoms with E-state index < -0.39 is 35.1 Å². The molecule has 1 aromatic rings. The van der Waals surface area contributed by atoms with Crippen molar-refractivity contribution in [3.63, 3.8) is 0 Å². The fourth-order valence-electron chi connectivity index (χ4n) is 1.76. The Balaban J connectivity index is 3.39. The van der Waals surface area contributed by atoms with Gasteiger partial charge in [0.2, 0.25) is 5.78 Å². The van der Waals surface area contributed by atoms with E-state index in [2.05, 4.69) is 0 Å². The molecule has 0 aromatic heterocycles. The molecule has 0 heterocycles. The van der Waals surface area contributed by atoms with Crippen LogP contribution in [-0.2, 0) is 4.79 Å². The van der Waals surface area contributed by atoms with Gasteiger partial charge in [0.05, 0.1) is 0 Å². The van der Waals surface area contributed by atoms with Gasteiger partial charge in [-0.3, -0.25) is 4.79 Å². The van der Waals surface area contributed by atoms with Crippen LogP contribution in [0.3, 0.4) is 0 Å². The summed E-state index contributed by atoms with van der Waals surface area (Å²) >= 11 is 0. The second kappa shape index (κ2) is 5.29. The molecule has 22 heavy (non-hydrogen) atoms. The monoisotopic (exact) mass is 328 g/mol. The summed E-state index contributed by atoms with van der Waals surface area (Å²) in [4.78, 5) is 21.6. The second-order valence-electron chi connectivity index (χ2n) is 4.73. The summed E-state index contributed by atoms with van der Waals surface area (Å²) in [5, 5.41) is 8.01. The molecule has 1 aromatic carbocycles. The average molecular weight is 328 g/mol. The Morgan fingerprint density at radius 3 is 1.64 bits per heavy atom. The first-order valence-corrected chi connectivity index (χ1v) is 5.75. The van der Waals surface area contributed by atoms with Gasteiger partial charge in [0.25, 0.3) is 0 Å².